The van der Waals surface area contributed by atoms with Gasteiger partial charge in [0, 0.05) is 48.4 Å². The molecule has 38 heavy (non-hydrogen) atoms. The third kappa shape index (κ3) is 6.17. The van der Waals surface area contributed by atoms with Crippen molar-refractivity contribution in [2.75, 3.05) is 23.0 Å². The van der Waals surface area contributed by atoms with Crippen molar-refractivity contribution in [3.63, 3.8) is 0 Å². The highest BCUT2D eigenvalue weighted by molar-refractivity contribution is 6.30. The van der Waals surface area contributed by atoms with Crippen LogP contribution in [0.5, 0.6) is 5.75 Å². The van der Waals surface area contributed by atoms with Crippen molar-refractivity contribution in [2.24, 2.45) is 0 Å². The molecule has 1 aliphatic rings. The molecule has 0 bridgehead atoms. The topological polar surface area (TPSA) is 79.0 Å². The average Bonchev–Trinajstić information content (AvgIpc) is 2.89. The average molecular weight is 534 g/mol. The lowest BCUT2D eigenvalue weighted by molar-refractivity contribution is -0.119. The van der Waals surface area contributed by atoms with Crippen LogP contribution in [0.2, 0.25) is 5.02 Å². The van der Waals surface area contributed by atoms with Gasteiger partial charge in [-0.1, -0.05) is 29.8 Å². The fourth-order valence-corrected chi connectivity index (χ4v) is 5.00. The van der Waals surface area contributed by atoms with Crippen LogP contribution in [0.3, 0.4) is 0 Å². The SMILES string of the molecule is CC(=O)NCCCOc1ccc(C(=O)N2c3ccccc3[C@H](N(C(C)=O)c3ccc(Cl)cc3)C[C@@H]2C)cc1. The zero-order valence-corrected chi connectivity index (χ0v) is 22.6. The first-order valence-electron chi connectivity index (χ1n) is 12.7. The molecule has 0 unspecified atom stereocenters. The Hall–Kier alpha value is -3.84. The van der Waals surface area contributed by atoms with Crippen molar-refractivity contribution in [1.29, 1.82) is 0 Å². The number of para-hydroxylation sites is 1. The number of fused-ring (bicyclic) bond motifs is 1. The minimum absolute atomic E-state index is 0.0633. The number of anilines is 2. The first-order chi connectivity index (χ1) is 18.3. The van der Waals surface area contributed by atoms with Crippen molar-refractivity contribution in [2.45, 2.75) is 45.7 Å². The second kappa shape index (κ2) is 12.1. The van der Waals surface area contributed by atoms with Crippen LogP contribution < -0.4 is 19.9 Å². The zero-order chi connectivity index (χ0) is 27.2. The molecular weight excluding hydrogens is 502 g/mol. The van der Waals surface area contributed by atoms with Gasteiger partial charge < -0.3 is 19.9 Å². The molecule has 0 aromatic heterocycles. The highest BCUT2D eigenvalue weighted by Gasteiger charge is 2.38. The van der Waals surface area contributed by atoms with E-state index in [0.29, 0.717) is 42.3 Å². The van der Waals surface area contributed by atoms with Gasteiger partial charge >= 0.3 is 0 Å². The Morgan fingerprint density at radius 2 is 1.68 bits per heavy atom. The van der Waals surface area contributed by atoms with Crippen LogP contribution in [0.25, 0.3) is 0 Å². The Morgan fingerprint density at radius 1 is 1.00 bits per heavy atom. The van der Waals surface area contributed by atoms with Crippen molar-refractivity contribution in [3.05, 3.63) is 88.9 Å². The summed E-state index contributed by atoms with van der Waals surface area (Å²) in [5, 5.41) is 3.34. The van der Waals surface area contributed by atoms with E-state index in [9.17, 15) is 14.4 Å². The Balaban J connectivity index is 1.55. The molecule has 0 radical (unpaired) electrons. The number of benzene rings is 3. The number of halogens is 1. The van der Waals surface area contributed by atoms with Crippen LogP contribution in [0.1, 0.15) is 55.6 Å². The summed E-state index contributed by atoms with van der Waals surface area (Å²) < 4.78 is 5.74. The lowest BCUT2D eigenvalue weighted by atomic mass is 9.89. The standard InChI is InChI=1S/C30H32ClN3O4/c1-20-19-29(34(22(3)36)25-13-11-24(31)12-14-25)27-7-4-5-8-28(27)33(20)30(37)23-9-15-26(16-10-23)38-18-6-17-32-21(2)35/h4-5,7-16,20,29H,6,17-19H2,1-3H3,(H,32,35)/t20-,29+/m0/s1. The van der Waals surface area contributed by atoms with Crippen molar-refractivity contribution < 1.29 is 19.1 Å². The molecule has 0 aliphatic carbocycles. The summed E-state index contributed by atoms with van der Waals surface area (Å²) in [4.78, 5) is 41.1. The molecule has 1 N–H and O–H groups in total. The Labute approximate surface area is 228 Å². The van der Waals surface area contributed by atoms with E-state index in [0.717, 1.165) is 16.9 Å². The molecule has 3 amide bonds. The number of ether oxygens (including phenoxy) is 1. The van der Waals surface area contributed by atoms with E-state index in [1.54, 1.807) is 48.2 Å². The summed E-state index contributed by atoms with van der Waals surface area (Å²) in [6, 6.07) is 21.7. The van der Waals surface area contributed by atoms with Crippen LogP contribution >= 0.6 is 11.6 Å². The summed E-state index contributed by atoms with van der Waals surface area (Å²) in [7, 11) is 0. The molecular formula is C30H32ClN3O4. The molecule has 0 fully saturated rings. The quantitative estimate of drug-likeness (QED) is 0.372. The maximum Gasteiger partial charge on any atom is 0.258 e. The number of hydrogen-bond acceptors (Lipinski definition) is 4. The van der Waals surface area contributed by atoms with Crippen LogP contribution in [0, 0.1) is 0 Å². The van der Waals surface area contributed by atoms with Crippen LogP contribution in [-0.2, 0) is 9.59 Å². The maximum absolute atomic E-state index is 13.7. The second-order valence-electron chi connectivity index (χ2n) is 9.41. The van der Waals surface area contributed by atoms with Gasteiger partial charge in [-0.15, -0.1) is 0 Å². The van der Waals surface area contributed by atoms with Gasteiger partial charge in [-0.2, -0.15) is 0 Å². The van der Waals surface area contributed by atoms with Crippen LogP contribution in [0.15, 0.2) is 72.8 Å². The summed E-state index contributed by atoms with van der Waals surface area (Å²) >= 11 is 6.09. The molecule has 3 aromatic carbocycles. The lowest BCUT2D eigenvalue weighted by Crippen LogP contribution is -2.47. The largest absolute Gasteiger partial charge is 0.494 e. The van der Waals surface area contributed by atoms with E-state index in [4.69, 9.17) is 16.3 Å². The molecule has 198 valence electrons. The third-order valence-corrected chi connectivity index (χ3v) is 6.85. The lowest BCUT2D eigenvalue weighted by Gasteiger charge is -2.43. The van der Waals surface area contributed by atoms with Crippen molar-refractivity contribution in [3.8, 4) is 5.75 Å². The van der Waals surface area contributed by atoms with Crippen LogP contribution in [-0.4, -0.2) is 36.9 Å². The molecule has 1 aliphatic heterocycles. The molecule has 2 atom stereocenters. The fraction of sp³-hybridized carbons (Fsp3) is 0.300. The van der Waals surface area contributed by atoms with E-state index in [1.165, 1.54) is 6.92 Å². The number of rotatable bonds is 8. The van der Waals surface area contributed by atoms with Gasteiger partial charge in [0.1, 0.15) is 5.75 Å². The van der Waals surface area contributed by atoms with E-state index in [1.807, 2.05) is 48.2 Å². The molecule has 3 aromatic rings. The van der Waals surface area contributed by atoms with E-state index < -0.39 is 0 Å². The Bertz CT molecular complexity index is 1290. The molecule has 8 heteroatoms. The van der Waals surface area contributed by atoms with Gasteiger partial charge in [0.05, 0.1) is 12.6 Å². The van der Waals surface area contributed by atoms with Gasteiger partial charge in [0.2, 0.25) is 11.8 Å². The monoisotopic (exact) mass is 533 g/mol. The minimum Gasteiger partial charge on any atom is -0.494 e. The number of nitrogens with zero attached hydrogens (tertiary/aromatic N) is 2. The number of amides is 3. The number of carbonyl (C=O) groups excluding carboxylic acids is 3. The van der Waals surface area contributed by atoms with Crippen LogP contribution in [0.4, 0.5) is 11.4 Å². The third-order valence-electron chi connectivity index (χ3n) is 6.60. The molecule has 4 rings (SSSR count). The maximum atomic E-state index is 13.7. The predicted molar refractivity (Wildman–Crippen MR) is 150 cm³/mol. The molecule has 1 heterocycles. The molecule has 7 nitrogen and oxygen atoms in total. The Morgan fingerprint density at radius 3 is 2.34 bits per heavy atom. The van der Waals surface area contributed by atoms with Gasteiger partial charge in [0.25, 0.3) is 5.91 Å². The van der Waals surface area contributed by atoms with Gasteiger partial charge in [0.15, 0.2) is 0 Å². The van der Waals surface area contributed by atoms with Gasteiger partial charge in [-0.3, -0.25) is 14.4 Å². The molecule has 0 saturated carbocycles. The van der Waals surface area contributed by atoms with E-state index in [-0.39, 0.29) is 29.8 Å². The summed E-state index contributed by atoms with van der Waals surface area (Å²) in [6.45, 7) is 6.07. The zero-order valence-electron chi connectivity index (χ0n) is 21.8. The van der Waals surface area contributed by atoms with E-state index in [2.05, 4.69) is 5.32 Å². The van der Waals surface area contributed by atoms with Crippen molar-refractivity contribution in [1.82, 2.24) is 5.32 Å². The number of carbonyl (C=O) groups is 3. The highest BCUT2D eigenvalue weighted by Crippen LogP contribution is 2.42. The van der Waals surface area contributed by atoms with E-state index >= 15 is 0 Å². The first-order valence-corrected chi connectivity index (χ1v) is 13.1. The molecule has 0 spiro atoms. The normalized spacial score (nSPS) is 16.4. The second-order valence-corrected chi connectivity index (χ2v) is 9.85. The first kappa shape index (κ1) is 27.2. The number of hydrogen-bond donors (Lipinski definition) is 1. The summed E-state index contributed by atoms with van der Waals surface area (Å²) in [5.41, 5.74) is 3.03. The van der Waals surface area contributed by atoms with Gasteiger partial charge in [-0.25, -0.2) is 0 Å². The fourth-order valence-electron chi connectivity index (χ4n) is 4.88. The Kier molecular flexibility index (Phi) is 8.69. The minimum atomic E-state index is -0.225. The number of nitrogens with one attached hydrogen (secondary N) is 1. The van der Waals surface area contributed by atoms with Gasteiger partial charge in [-0.05, 0) is 79.9 Å². The van der Waals surface area contributed by atoms with Crippen molar-refractivity contribution >= 4 is 40.7 Å². The molecule has 0 saturated heterocycles. The highest BCUT2D eigenvalue weighted by atomic mass is 35.5. The summed E-state index contributed by atoms with van der Waals surface area (Å²) in [5.74, 6) is 0.413. The smallest absolute Gasteiger partial charge is 0.258 e. The summed E-state index contributed by atoms with van der Waals surface area (Å²) in [6.07, 6.45) is 1.28. The predicted octanol–water partition coefficient (Wildman–Crippen LogP) is 5.78.